The molecule has 0 N–H and O–H groups in total. The highest BCUT2D eigenvalue weighted by molar-refractivity contribution is 6.23. The van der Waals surface area contributed by atoms with Crippen LogP contribution in [0.2, 0.25) is 0 Å². The van der Waals surface area contributed by atoms with Crippen LogP contribution in [0.3, 0.4) is 0 Å². The second-order valence-electron chi connectivity index (χ2n) is 10.4. The SMILES string of the molecule is c1ccc2c(c1)ccc1ccc(-c3ccc4c(c3)c3ccc5ccccc5c3c3nc5ccccc5n43)cc12. The molecule has 9 rings (SSSR count). The van der Waals surface area contributed by atoms with Crippen LogP contribution in [-0.4, -0.2) is 9.38 Å². The number of benzene rings is 7. The number of pyridine rings is 1. The largest absolute Gasteiger partial charge is 0.292 e. The first-order valence-electron chi connectivity index (χ1n) is 13.4. The molecule has 2 nitrogen and oxygen atoms in total. The summed E-state index contributed by atoms with van der Waals surface area (Å²) in [6.45, 7) is 0. The van der Waals surface area contributed by atoms with E-state index in [1.165, 1.54) is 65.1 Å². The Morgan fingerprint density at radius 2 is 1.03 bits per heavy atom. The van der Waals surface area contributed by atoms with E-state index in [0.717, 1.165) is 16.7 Å². The molecule has 0 aliphatic rings. The van der Waals surface area contributed by atoms with E-state index in [1.54, 1.807) is 0 Å². The molecule has 180 valence electrons. The number of nitrogens with zero attached hydrogens (tertiary/aromatic N) is 2. The van der Waals surface area contributed by atoms with Crippen molar-refractivity contribution in [3.8, 4) is 11.1 Å². The van der Waals surface area contributed by atoms with Crippen molar-refractivity contribution in [1.82, 2.24) is 9.38 Å². The number of para-hydroxylation sites is 2. The number of hydrogen-bond acceptors (Lipinski definition) is 1. The number of imidazole rings is 1. The lowest BCUT2D eigenvalue weighted by Gasteiger charge is -2.13. The molecule has 2 aromatic heterocycles. The summed E-state index contributed by atoms with van der Waals surface area (Å²) in [6, 6.07) is 48.4. The number of hydrogen-bond donors (Lipinski definition) is 0. The highest BCUT2D eigenvalue weighted by atomic mass is 15.0. The maximum absolute atomic E-state index is 5.15. The molecule has 0 aliphatic carbocycles. The van der Waals surface area contributed by atoms with Gasteiger partial charge in [-0.3, -0.25) is 4.40 Å². The van der Waals surface area contributed by atoms with Crippen LogP contribution < -0.4 is 0 Å². The average Bonchev–Trinajstić information content (AvgIpc) is 3.40. The molecule has 2 heterocycles. The zero-order valence-electron chi connectivity index (χ0n) is 21.1. The number of aromatic nitrogens is 2. The third-order valence-corrected chi connectivity index (χ3v) is 8.32. The molecule has 0 saturated heterocycles. The van der Waals surface area contributed by atoms with E-state index in [2.05, 4.69) is 138 Å². The van der Waals surface area contributed by atoms with Gasteiger partial charge in [0.1, 0.15) is 5.65 Å². The van der Waals surface area contributed by atoms with E-state index in [9.17, 15) is 0 Å². The van der Waals surface area contributed by atoms with E-state index in [4.69, 9.17) is 4.98 Å². The summed E-state index contributed by atoms with van der Waals surface area (Å²) in [4.78, 5) is 5.15. The van der Waals surface area contributed by atoms with Gasteiger partial charge in [-0.25, -0.2) is 4.98 Å². The van der Waals surface area contributed by atoms with Crippen molar-refractivity contribution in [3.63, 3.8) is 0 Å². The maximum atomic E-state index is 5.15. The first kappa shape index (κ1) is 20.8. The van der Waals surface area contributed by atoms with E-state index < -0.39 is 0 Å². The van der Waals surface area contributed by atoms with Crippen molar-refractivity contribution >= 4 is 70.7 Å². The standard InChI is InChI=1S/C37H22N2/c1-3-9-28-23(7-1)13-14-25-15-16-26(21-31(25)28)27-18-20-34-32(22-27)30-19-17-24-8-2-4-10-29(24)36(30)37-38-33-11-5-6-12-35(33)39(34)37/h1-22H. The Labute approximate surface area is 224 Å². The van der Waals surface area contributed by atoms with E-state index in [0.29, 0.717) is 0 Å². The molecule has 0 aliphatic heterocycles. The predicted molar refractivity (Wildman–Crippen MR) is 166 cm³/mol. The van der Waals surface area contributed by atoms with Gasteiger partial charge in [0.05, 0.1) is 16.6 Å². The summed E-state index contributed by atoms with van der Waals surface area (Å²) in [5.74, 6) is 0. The van der Waals surface area contributed by atoms with Gasteiger partial charge in [0, 0.05) is 10.8 Å². The summed E-state index contributed by atoms with van der Waals surface area (Å²) in [5, 5.41) is 11.3. The third-order valence-electron chi connectivity index (χ3n) is 8.32. The van der Waals surface area contributed by atoms with Crippen molar-refractivity contribution < 1.29 is 0 Å². The molecule has 2 heteroatoms. The van der Waals surface area contributed by atoms with Gasteiger partial charge in [0.25, 0.3) is 0 Å². The van der Waals surface area contributed by atoms with E-state index in [-0.39, 0.29) is 0 Å². The van der Waals surface area contributed by atoms with Crippen LogP contribution >= 0.6 is 0 Å². The smallest absolute Gasteiger partial charge is 0.147 e. The lowest BCUT2D eigenvalue weighted by atomic mass is 9.94. The van der Waals surface area contributed by atoms with Crippen molar-refractivity contribution in [2.24, 2.45) is 0 Å². The van der Waals surface area contributed by atoms with Gasteiger partial charge in [-0.1, -0.05) is 103 Å². The molecule has 0 amide bonds. The Kier molecular flexibility index (Phi) is 4.08. The van der Waals surface area contributed by atoms with Crippen molar-refractivity contribution in [3.05, 3.63) is 133 Å². The summed E-state index contributed by atoms with van der Waals surface area (Å²) < 4.78 is 2.34. The minimum absolute atomic E-state index is 1.01. The molecule has 0 unspecified atom stereocenters. The fourth-order valence-electron chi connectivity index (χ4n) is 6.48. The summed E-state index contributed by atoms with van der Waals surface area (Å²) in [5.41, 5.74) is 6.79. The number of fused-ring (bicyclic) bond motifs is 13. The van der Waals surface area contributed by atoms with Gasteiger partial charge in [0.2, 0.25) is 0 Å². The summed E-state index contributed by atoms with van der Waals surface area (Å²) in [7, 11) is 0. The number of rotatable bonds is 1. The van der Waals surface area contributed by atoms with Gasteiger partial charge in [0.15, 0.2) is 0 Å². The van der Waals surface area contributed by atoms with E-state index >= 15 is 0 Å². The molecular weight excluding hydrogens is 472 g/mol. The molecule has 0 fully saturated rings. The monoisotopic (exact) mass is 494 g/mol. The summed E-state index contributed by atoms with van der Waals surface area (Å²) >= 11 is 0. The van der Waals surface area contributed by atoms with Crippen LogP contribution in [0.25, 0.3) is 81.8 Å². The van der Waals surface area contributed by atoms with Gasteiger partial charge < -0.3 is 0 Å². The molecule has 0 spiro atoms. The quantitative estimate of drug-likeness (QED) is 0.208. The highest BCUT2D eigenvalue weighted by Crippen LogP contribution is 2.38. The zero-order chi connectivity index (χ0) is 25.5. The first-order valence-corrected chi connectivity index (χ1v) is 13.4. The Bertz CT molecular complexity index is 2450. The fourth-order valence-corrected chi connectivity index (χ4v) is 6.48. The molecule has 39 heavy (non-hydrogen) atoms. The maximum Gasteiger partial charge on any atom is 0.147 e. The second-order valence-corrected chi connectivity index (χ2v) is 10.4. The van der Waals surface area contributed by atoms with Crippen LogP contribution in [-0.2, 0) is 0 Å². The van der Waals surface area contributed by atoms with Crippen LogP contribution in [0, 0.1) is 0 Å². The Hall–Kier alpha value is -5.21. The molecule has 9 aromatic rings. The van der Waals surface area contributed by atoms with Gasteiger partial charge in [-0.05, 0) is 79.2 Å². The normalized spacial score (nSPS) is 12.1. The molecule has 0 saturated carbocycles. The van der Waals surface area contributed by atoms with Crippen molar-refractivity contribution in [2.75, 3.05) is 0 Å². The summed E-state index contributed by atoms with van der Waals surface area (Å²) in [6.07, 6.45) is 0. The topological polar surface area (TPSA) is 17.3 Å². The second kappa shape index (κ2) is 7.66. The predicted octanol–water partition coefficient (Wildman–Crippen LogP) is 9.92. The first-order chi connectivity index (χ1) is 19.3. The molecule has 0 radical (unpaired) electrons. The third kappa shape index (κ3) is 2.89. The Morgan fingerprint density at radius 1 is 0.410 bits per heavy atom. The minimum atomic E-state index is 1.01. The van der Waals surface area contributed by atoms with Crippen LogP contribution in [0.1, 0.15) is 0 Å². The lowest BCUT2D eigenvalue weighted by molar-refractivity contribution is 1.32. The molecule has 7 aromatic carbocycles. The Balaban J connectivity index is 1.42. The lowest BCUT2D eigenvalue weighted by Crippen LogP contribution is -1.93. The molecule has 0 bridgehead atoms. The molecular formula is C37H22N2. The highest BCUT2D eigenvalue weighted by Gasteiger charge is 2.16. The van der Waals surface area contributed by atoms with Crippen LogP contribution in [0.5, 0.6) is 0 Å². The fraction of sp³-hybridized carbons (Fsp3) is 0. The van der Waals surface area contributed by atoms with Gasteiger partial charge in [-0.2, -0.15) is 0 Å². The van der Waals surface area contributed by atoms with Crippen LogP contribution in [0.4, 0.5) is 0 Å². The van der Waals surface area contributed by atoms with Crippen molar-refractivity contribution in [1.29, 1.82) is 0 Å². The zero-order valence-corrected chi connectivity index (χ0v) is 21.1. The van der Waals surface area contributed by atoms with Crippen LogP contribution in [0.15, 0.2) is 133 Å². The average molecular weight is 495 g/mol. The van der Waals surface area contributed by atoms with Gasteiger partial charge in [-0.15, -0.1) is 0 Å². The minimum Gasteiger partial charge on any atom is -0.292 e. The van der Waals surface area contributed by atoms with Crippen molar-refractivity contribution in [2.45, 2.75) is 0 Å². The van der Waals surface area contributed by atoms with Gasteiger partial charge >= 0.3 is 0 Å². The Morgan fingerprint density at radius 3 is 1.90 bits per heavy atom. The molecule has 0 atom stereocenters. The van der Waals surface area contributed by atoms with E-state index in [1.807, 2.05) is 0 Å².